The molecule has 0 fully saturated rings. The molecule has 0 aliphatic heterocycles. The number of amides is 2. The van der Waals surface area contributed by atoms with Crippen LogP contribution in [0.15, 0.2) is 54.2 Å². The third-order valence-electron chi connectivity index (χ3n) is 3.12. The van der Waals surface area contributed by atoms with Crippen molar-refractivity contribution in [2.45, 2.75) is 0 Å². The molecule has 0 aromatic heterocycles. The molecule has 118 valence electrons. The van der Waals surface area contributed by atoms with Gasteiger partial charge in [0.05, 0.1) is 13.3 Å². The Balaban J connectivity index is 2.19. The molecule has 0 aliphatic carbocycles. The number of fused-ring (bicyclic) bond motifs is 1. The summed E-state index contributed by atoms with van der Waals surface area (Å²) in [5.74, 6) is -0.993. The number of ether oxygens (including phenoxy) is 1. The van der Waals surface area contributed by atoms with E-state index in [0.29, 0.717) is 5.75 Å². The molecule has 0 bridgehead atoms. The summed E-state index contributed by atoms with van der Waals surface area (Å²) in [6.45, 7) is 3.67. The molecule has 6 heteroatoms. The summed E-state index contributed by atoms with van der Waals surface area (Å²) in [5, 5.41) is 8.15. The highest BCUT2D eigenvalue weighted by atomic mass is 16.5. The average molecular weight is 311 g/mol. The molecule has 0 unspecified atom stereocenters. The van der Waals surface area contributed by atoms with Crippen molar-refractivity contribution in [2.75, 3.05) is 13.7 Å². The zero-order valence-corrected chi connectivity index (χ0v) is 12.7. The molecular formula is C17H17N3O3. The average Bonchev–Trinajstić information content (AvgIpc) is 2.59. The SMILES string of the molecule is C=CCNC(=O)C(=O)N/N=C\c1c(OC)ccc2ccccc12. The molecule has 2 aromatic carbocycles. The highest BCUT2D eigenvalue weighted by molar-refractivity contribution is 6.35. The van der Waals surface area contributed by atoms with Crippen LogP contribution in [0.2, 0.25) is 0 Å². The molecular weight excluding hydrogens is 294 g/mol. The number of nitrogens with one attached hydrogen (secondary N) is 2. The van der Waals surface area contributed by atoms with Gasteiger partial charge in [0.25, 0.3) is 0 Å². The van der Waals surface area contributed by atoms with Crippen LogP contribution in [0.25, 0.3) is 10.8 Å². The number of nitrogens with zero attached hydrogens (tertiary/aromatic N) is 1. The lowest BCUT2D eigenvalue weighted by molar-refractivity contribution is -0.139. The quantitative estimate of drug-likeness (QED) is 0.381. The fourth-order valence-corrected chi connectivity index (χ4v) is 2.04. The lowest BCUT2D eigenvalue weighted by atomic mass is 10.0. The summed E-state index contributed by atoms with van der Waals surface area (Å²) < 4.78 is 5.32. The van der Waals surface area contributed by atoms with Crippen LogP contribution in [0.4, 0.5) is 0 Å². The zero-order chi connectivity index (χ0) is 16.7. The minimum Gasteiger partial charge on any atom is -0.496 e. The van der Waals surface area contributed by atoms with Gasteiger partial charge in [0.15, 0.2) is 0 Å². The Hall–Kier alpha value is -3.15. The van der Waals surface area contributed by atoms with E-state index < -0.39 is 11.8 Å². The molecule has 23 heavy (non-hydrogen) atoms. The number of carbonyl (C=O) groups is 2. The third-order valence-corrected chi connectivity index (χ3v) is 3.12. The van der Waals surface area contributed by atoms with Crippen LogP contribution in [-0.4, -0.2) is 31.7 Å². The van der Waals surface area contributed by atoms with Gasteiger partial charge < -0.3 is 10.1 Å². The fourth-order valence-electron chi connectivity index (χ4n) is 2.04. The molecule has 0 spiro atoms. The van der Waals surface area contributed by atoms with Gasteiger partial charge in [0, 0.05) is 12.1 Å². The van der Waals surface area contributed by atoms with Crippen LogP contribution in [0.1, 0.15) is 5.56 Å². The number of hydrogen-bond donors (Lipinski definition) is 2. The number of benzene rings is 2. The molecule has 6 nitrogen and oxygen atoms in total. The first-order valence-corrected chi connectivity index (χ1v) is 6.95. The second kappa shape index (κ2) is 7.74. The largest absolute Gasteiger partial charge is 0.496 e. The molecule has 0 radical (unpaired) electrons. The Labute approximate surface area is 133 Å². The van der Waals surface area contributed by atoms with Crippen molar-refractivity contribution in [3.8, 4) is 5.75 Å². The fraction of sp³-hybridized carbons (Fsp3) is 0.118. The van der Waals surface area contributed by atoms with Crippen LogP contribution in [-0.2, 0) is 9.59 Å². The molecule has 2 amide bonds. The maximum absolute atomic E-state index is 11.6. The Morgan fingerprint density at radius 2 is 2.00 bits per heavy atom. The molecule has 0 atom stereocenters. The summed E-state index contributed by atoms with van der Waals surface area (Å²) in [6, 6.07) is 11.5. The van der Waals surface area contributed by atoms with Gasteiger partial charge in [-0.15, -0.1) is 6.58 Å². The summed E-state index contributed by atoms with van der Waals surface area (Å²) in [7, 11) is 1.56. The van der Waals surface area contributed by atoms with E-state index in [4.69, 9.17) is 4.74 Å². The number of hydrogen-bond acceptors (Lipinski definition) is 4. The summed E-state index contributed by atoms with van der Waals surface area (Å²) >= 11 is 0. The van der Waals surface area contributed by atoms with E-state index in [1.807, 2.05) is 36.4 Å². The van der Waals surface area contributed by atoms with Gasteiger partial charge in [-0.1, -0.05) is 36.4 Å². The van der Waals surface area contributed by atoms with Gasteiger partial charge in [-0.05, 0) is 16.8 Å². The summed E-state index contributed by atoms with van der Waals surface area (Å²) in [5.41, 5.74) is 2.90. The van der Waals surface area contributed by atoms with Crippen molar-refractivity contribution in [2.24, 2.45) is 5.10 Å². The minimum absolute atomic E-state index is 0.215. The van der Waals surface area contributed by atoms with E-state index in [9.17, 15) is 9.59 Å². The smallest absolute Gasteiger partial charge is 0.329 e. The van der Waals surface area contributed by atoms with E-state index >= 15 is 0 Å². The first kappa shape index (κ1) is 16.2. The number of methoxy groups -OCH3 is 1. The van der Waals surface area contributed by atoms with Crippen LogP contribution >= 0.6 is 0 Å². The monoisotopic (exact) mass is 311 g/mol. The Bertz CT molecular complexity index is 769. The van der Waals surface area contributed by atoms with E-state index in [-0.39, 0.29) is 6.54 Å². The zero-order valence-electron chi connectivity index (χ0n) is 12.7. The van der Waals surface area contributed by atoms with Gasteiger partial charge in [0.1, 0.15) is 5.75 Å². The molecule has 2 aromatic rings. The first-order chi connectivity index (χ1) is 11.2. The normalized spacial score (nSPS) is 10.5. The van der Waals surface area contributed by atoms with E-state index in [2.05, 4.69) is 22.4 Å². The van der Waals surface area contributed by atoms with Gasteiger partial charge in [-0.3, -0.25) is 9.59 Å². The number of rotatable bonds is 5. The predicted molar refractivity (Wildman–Crippen MR) is 89.4 cm³/mol. The lowest BCUT2D eigenvalue weighted by Crippen LogP contribution is -2.37. The number of carbonyl (C=O) groups excluding carboxylic acids is 2. The molecule has 0 saturated heterocycles. The maximum Gasteiger partial charge on any atom is 0.329 e. The maximum atomic E-state index is 11.6. The molecule has 2 N–H and O–H groups in total. The standard InChI is InChI=1S/C17H17N3O3/c1-3-10-18-16(21)17(22)20-19-11-14-13-7-5-4-6-12(13)8-9-15(14)23-2/h3-9,11H,1,10H2,2H3,(H,18,21)(H,20,22)/b19-11-. The second-order valence-corrected chi connectivity index (χ2v) is 4.60. The molecule has 0 aliphatic rings. The van der Waals surface area contributed by atoms with Crippen molar-refractivity contribution in [3.63, 3.8) is 0 Å². The van der Waals surface area contributed by atoms with Crippen molar-refractivity contribution in [1.82, 2.24) is 10.7 Å². The highest BCUT2D eigenvalue weighted by Crippen LogP contribution is 2.26. The van der Waals surface area contributed by atoms with Crippen molar-refractivity contribution in [1.29, 1.82) is 0 Å². The summed E-state index contributed by atoms with van der Waals surface area (Å²) in [6.07, 6.45) is 2.94. The third kappa shape index (κ3) is 3.94. The first-order valence-electron chi connectivity index (χ1n) is 6.95. The Morgan fingerprint density at radius 3 is 2.74 bits per heavy atom. The van der Waals surface area contributed by atoms with Crippen LogP contribution in [0.3, 0.4) is 0 Å². The highest BCUT2D eigenvalue weighted by Gasteiger charge is 2.11. The Kier molecular flexibility index (Phi) is 5.46. The van der Waals surface area contributed by atoms with Crippen LogP contribution in [0, 0.1) is 0 Å². The van der Waals surface area contributed by atoms with Gasteiger partial charge in [-0.25, -0.2) is 5.43 Å². The summed E-state index contributed by atoms with van der Waals surface area (Å²) in [4.78, 5) is 23.0. The van der Waals surface area contributed by atoms with E-state index in [1.54, 1.807) is 7.11 Å². The van der Waals surface area contributed by atoms with E-state index in [0.717, 1.165) is 16.3 Å². The van der Waals surface area contributed by atoms with Gasteiger partial charge >= 0.3 is 11.8 Å². The topological polar surface area (TPSA) is 79.8 Å². The lowest BCUT2D eigenvalue weighted by Gasteiger charge is -2.08. The van der Waals surface area contributed by atoms with Crippen LogP contribution in [0.5, 0.6) is 5.75 Å². The predicted octanol–water partition coefficient (Wildman–Crippen LogP) is 1.60. The van der Waals surface area contributed by atoms with Crippen molar-refractivity contribution < 1.29 is 14.3 Å². The molecule has 0 saturated carbocycles. The van der Waals surface area contributed by atoms with Gasteiger partial charge in [0.2, 0.25) is 0 Å². The number of hydrazone groups is 1. The van der Waals surface area contributed by atoms with Crippen LogP contribution < -0.4 is 15.5 Å². The second-order valence-electron chi connectivity index (χ2n) is 4.60. The van der Waals surface area contributed by atoms with Crippen molar-refractivity contribution >= 4 is 28.8 Å². The van der Waals surface area contributed by atoms with E-state index in [1.165, 1.54) is 12.3 Å². The minimum atomic E-state index is -0.845. The Morgan fingerprint density at radius 1 is 1.22 bits per heavy atom. The van der Waals surface area contributed by atoms with Crippen molar-refractivity contribution in [3.05, 3.63) is 54.6 Å². The van der Waals surface area contributed by atoms with Gasteiger partial charge in [-0.2, -0.15) is 5.10 Å². The molecule has 0 heterocycles. The molecule has 2 rings (SSSR count).